The summed E-state index contributed by atoms with van der Waals surface area (Å²) in [5.74, 6) is -0.244. The minimum Gasteiger partial charge on any atom is -0.348 e. The topological polar surface area (TPSA) is 73.1 Å². The number of rotatable bonds is 4. The Morgan fingerprint density at radius 3 is 2.72 bits per heavy atom. The number of carbonyl (C=O) groups is 1. The van der Waals surface area contributed by atoms with Crippen LogP contribution in [0.5, 0.6) is 0 Å². The molecule has 5 rings (SSSR count). The molecule has 0 fully saturated rings. The van der Waals surface area contributed by atoms with Crippen LogP contribution in [0.15, 0.2) is 63.5 Å². The second kappa shape index (κ2) is 7.91. The Morgan fingerprint density at radius 2 is 1.91 bits per heavy atom. The lowest BCUT2D eigenvalue weighted by molar-refractivity contribution is -0.122. The van der Waals surface area contributed by atoms with Crippen molar-refractivity contribution in [2.24, 2.45) is 0 Å². The summed E-state index contributed by atoms with van der Waals surface area (Å²) in [4.78, 5) is 39.5. The minimum absolute atomic E-state index is 0.0574. The van der Waals surface area contributed by atoms with Gasteiger partial charge in [0.15, 0.2) is 0 Å². The summed E-state index contributed by atoms with van der Waals surface area (Å²) in [6.07, 6.45) is 1.77. The zero-order valence-electron chi connectivity index (χ0n) is 17.9. The van der Waals surface area contributed by atoms with E-state index in [1.54, 1.807) is 17.5 Å². The number of carbonyl (C=O) groups excluding carboxylic acids is 1. The van der Waals surface area contributed by atoms with Crippen LogP contribution in [0, 0.1) is 13.8 Å². The van der Waals surface area contributed by atoms with Crippen LogP contribution in [0.3, 0.4) is 0 Å². The summed E-state index contributed by atoms with van der Waals surface area (Å²) in [5.41, 5.74) is 4.59. The van der Waals surface area contributed by atoms with Crippen LogP contribution in [0.2, 0.25) is 0 Å². The summed E-state index contributed by atoms with van der Waals surface area (Å²) >= 11 is 1.28. The molecule has 0 saturated heterocycles. The molecule has 2 heterocycles. The molecule has 0 spiro atoms. The smallest absolute Gasteiger partial charge is 0.336 e. The number of benzene rings is 2. The summed E-state index contributed by atoms with van der Waals surface area (Å²) in [5, 5.41) is 4.85. The van der Waals surface area contributed by atoms with Crippen molar-refractivity contribution in [3.8, 4) is 5.69 Å². The van der Waals surface area contributed by atoms with Crippen molar-refractivity contribution in [2.45, 2.75) is 39.3 Å². The van der Waals surface area contributed by atoms with Crippen LogP contribution in [0.4, 0.5) is 0 Å². The first-order valence-corrected chi connectivity index (χ1v) is 11.5. The highest BCUT2D eigenvalue weighted by molar-refractivity contribution is 7.17. The first kappa shape index (κ1) is 20.5. The Kier molecular flexibility index (Phi) is 5.06. The van der Waals surface area contributed by atoms with Crippen molar-refractivity contribution in [3.63, 3.8) is 0 Å². The Morgan fingerprint density at radius 1 is 1.09 bits per heavy atom. The van der Waals surface area contributed by atoms with Gasteiger partial charge in [-0.15, -0.1) is 11.3 Å². The van der Waals surface area contributed by atoms with Gasteiger partial charge in [0, 0.05) is 0 Å². The van der Waals surface area contributed by atoms with Gasteiger partial charge in [0.2, 0.25) is 5.91 Å². The molecule has 2 aromatic heterocycles. The van der Waals surface area contributed by atoms with Crippen LogP contribution >= 0.6 is 11.3 Å². The van der Waals surface area contributed by atoms with Gasteiger partial charge < -0.3 is 5.32 Å². The van der Waals surface area contributed by atoms with Gasteiger partial charge in [0.1, 0.15) is 11.2 Å². The number of aromatic nitrogens is 2. The maximum absolute atomic E-state index is 13.4. The molecule has 1 aliphatic rings. The van der Waals surface area contributed by atoms with Crippen molar-refractivity contribution in [1.82, 2.24) is 14.5 Å². The van der Waals surface area contributed by atoms with Gasteiger partial charge in [-0.1, -0.05) is 30.3 Å². The van der Waals surface area contributed by atoms with Crippen molar-refractivity contribution < 1.29 is 4.79 Å². The second-order valence-electron chi connectivity index (χ2n) is 8.27. The van der Waals surface area contributed by atoms with Crippen LogP contribution < -0.4 is 16.6 Å². The predicted molar refractivity (Wildman–Crippen MR) is 127 cm³/mol. The zero-order chi connectivity index (χ0) is 22.4. The number of nitrogens with one attached hydrogen (secondary N) is 1. The van der Waals surface area contributed by atoms with Gasteiger partial charge in [0.25, 0.3) is 5.56 Å². The molecule has 7 heteroatoms. The molecule has 1 N–H and O–H groups in total. The number of fused-ring (bicyclic) bond motifs is 2. The molecule has 1 aliphatic carbocycles. The molecular formula is C25H23N3O3S. The maximum atomic E-state index is 13.4. The third-order valence-electron chi connectivity index (χ3n) is 6.27. The van der Waals surface area contributed by atoms with Crippen molar-refractivity contribution in [1.29, 1.82) is 0 Å². The largest absolute Gasteiger partial charge is 0.348 e. The maximum Gasteiger partial charge on any atom is 0.336 e. The van der Waals surface area contributed by atoms with E-state index < -0.39 is 5.69 Å². The Balaban J connectivity index is 1.54. The van der Waals surface area contributed by atoms with Crippen molar-refractivity contribution in [3.05, 3.63) is 97.0 Å². The first-order valence-electron chi connectivity index (χ1n) is 10.6. The van der Waals surface area contributed by atoms with Gasteiger partial charge in [0.05, 0.1) is 17.2 Å². The van der Waals surface area contributed by atoms with Crippen molar-refractivity contribution >= 4 is 27.5 Å². The lowest BCUT2D eigenvalue weighted by Crippen LogP contribution is -2.41. The minimum atomic E-state index is -0.508. The number of aryl methyl sites for hydroxylation is 3. The van der Waals surface area contributed by atoms with Gasteiger partial charge in [-0.25, -0.2) is 9.36 Å². The summed E-state index contributed by atoms with van der Waals surface area (Å²) in [6, 6.07) is 15.3. The molecule has 6 nitrogen and oxygen atoms in total. The third-order valence-corrected chi connectivity index (χ3v) is 7.16. The summed E-state index contributed by atoms with van der Waals surface area (Å²) in [6.45, 7) is 3.78. The van der Waals surface area contributed by atoms with Crippen LogP contribution in [0.25, 0.3) is 15.9 Å². The Bertz CT molecular complexity index is 1480. The average Bonchev–Trinajstić information content (AvgIpc) is 3.42. The fourth-order valence-electron chi connectivity index (χ4n) is 4.42. The number of hydrogen-bond acceptors (Lipinski definition) is 4. The number of thiophene rings is 1. The lowest BCUT2D eigenvalue weighted by Gasteiger charge is -2.16. The molecule has 1 amide bonds. The van der Waals surface area contributed by atoms with E-state index >= 15 is 0 Å². The predicted octanol–water partition coefficient (Wildman–Crippen LogP) is 3.63. The Labute approximate surface area is 188 Å². The van der Waals surface area contributed by atoms with Gasteiger partial charge in [-0.3, -0.25) is 14.2 Å². The van der Waals surface area contributed by atoms with Gasteiger partial charge >= 0.3 is 5.69 Å². The zero-order valence-corrected chi connectivity index (χ0v) is 18.7. The molecule has 4 aromatic rings. The number of amides is 1. The van der Waals surface area contributed by atoms with E-state index in [9.17, 15) is 14.4 Å². The third kappa shape index (κ3) is 3.39. The molecule has 0 aliphatic heterocycles. The molecule has 0 bridgehead atoms. The van der Waals surface area contributed by atoms with Crippen LogP contribution in [-0.4, -0.2) is 15.0 Å². The fourth-order valence-corrected chi connectivity index (χ4v) is 5.25. The normalized spacial score (nSPS) is 15.1. The standard InChI is InChI=1S/C25H23N3O3S/c1-15-7-9-18(13-16(15)2)28-24(30)23-21(11-12-32-23)27(25(28)31)14-22(29)26-20-10-8-17-5-3-4-6-19(17)20/h3-7,9,11-13,20H,8,10,14H2,1-2H3,(H,26,29)/t20-/m0/s1. The quantitative estimate of drug-likeness (QED) is 0.521. The van der Waals surface area contributed by atoms with Gasteiger partial charge in [-0.05, 0) is 72.5 Å². The van der Waals surface area contributed by atoms with E-state index in [4.69, 9.17) is 0 Å². The first-order chi connectivity index (χ1) is 15.4. The van der Waals surface area contributed by atoms with E-state index in [0.717, 1.165) is 29.5 Å². The van der Waals surface area contributed by atoms with Crippen molar-refractivity contribution in [2.75, 3.05) is 0 Å². The fraction of sp³-hybridized carbons (Fsp3) is 0.240. The highest BCUT2D eigenvalue weighted by atomic mass is 32.1. The molecule has 162 valence electrons. The molecule has 0 saturated carbocycles. The monoisotopic (exact) mass is 445 g/mol. The summed E-state index contributed by atoms with van der Waals surface area (Å²) < 4.78 is 3.03. The molecule has 0 unspecified atom stereocenters. The van der Waals surface area contributed by atoms with E-state index in [2.05, 4.69) is 11.4 Å². The van der Waals surface area contributed by atoms with E-state index in [-0.39, 0.29) is 24.1 Å². The Hall–Kier alpha value is -3.45. The number of nitrogens with zero attached hydrogens (tertiary/aromatic N) is 2. The van der Waals surface area contributed by atoms with Gasteiger partial charge in [-0.2, -0.15) is 0 Å². The SMILES string of the molecule is Cc1ccc(-n2c(=O)c3sccc3n(CC(=O)N[C@H]3CCc4ccccc43)c2=O)cc1C. The molecule has 32 heavy (non-hydrogen) atoms. The van der Waals surface area contributed by atoms with Crippen LogP contribution in [-0.2, 0) is 17.8 Å². The average molecular weight is 446 g/mol. The summed E-state index contributed by atoms with van der Waals surface area (Å²) in [7, 11) is 0. The second-order valence-corrected chi connectivity index (χ2v) is 9.19. The molecular weight excluding hydrogens is 422 g/mol. The van der Waals surface area contributed by atoms with E-state index in [1.165, 1.54) is 26.0 Å². The number of hydrogen-bond donors (Lipinski definition) is 1. The lowest BCUT2D eigenvalue weighted by atomic mass is 10.1. The molecule has 1 atom stereocenters. The van der Waals surface area contributed by atoms with E-state index in [0.29, 0.717) is 15.9 Å². The highest BCUT2D eigenvalue weighted by Gasteiger charge is 2.24. The molecule has 0 radical (unpaired) electrons. The molecule has 2 aromatic carbocycles. The van der Waals surface area contributed by atoms with E-state index in [1.807, 2.05) is 44.2 Å². The highest BCUT2D eigenvalue weighted by Crippen LogP contribution is 2.30. The van der Waals surface area contributed by atoms with Crippen LogP contribution in [0.1, 0.15) is 34.7 Å².